The third kappa shape index (κ3) is 2.01. The molecule has 0 N–H and O–H groups in total. The van der Waals surface area contributed by atoms with Gasteiger partial charge in [-0.05, 0) is 30.3 Å². The first kappa shape index (κ1) is 11.6. The van der Waals surface area contributed by atoms with Crippen LogP contribution in [0.2, 0.25) is 0 Å². The van der Waals surface area contributed by atoms with Crippen molar-refractivity contribution in [2.45, 2.75) is 0 Å². The fraction of sp³-hybridized carbons (Fsp3) is 0.133. The molecule has 0 amide bonds. The van der Waals surface area contributed by atoms with Crippen LogP contribution in [0.3, 0.4) is 0 Å². The lowest BCUT2D eigenvalue weighted by molar-refractivity contribution is 0.410. The number of para-hydroxylation sites is 1. The molecule has 4 heteroatoms. The fourth-order valence-electron chi connectivity index (χ4n) is 1.96. The molecular formula is C15H13NO3. The Balaban J connectivity index is 2.15. The van der Waals surface area contributed by atoms with Crippen molar-refractivity contribution < 1.29 is 13.9 Å². The molecule has 96 valence electrons. The van der Waals surface area contributed by atoms with Gasteiger partial charge < -0.3 is 13.9 Å². The average molecular weight is 255 g/mol. The predicted octanol–water partition coefficient (Wildman–Crippen LogP) is 3.51. The SMILES string of the molecule is COc1cccc(-c2nc3cccc(OC)c3o2)c1. The highest BCUT2D eigenvalue weighted by molar-refractivity contribution is 5.82. The van der Waals surface area contributed by atoms with Crippen molar-refractivity contribution in [1.29, 1.82) is 0 Å². The van der Waals surface area contributed by atoms with Crippen LogP contribution in [0.4, 0.5) is 0 Å². The van der Waals surface area contributed by atoms with Crippen LogP contribution in [0.15, 0.2) is 46.9 Å². The van der Waals surface area contributed by atoms with Crippen molar-refractivity contribution in [3.05, 3.63) is 42.5 Å². The number of methoxy groups -OCH3 is 2. The average Bonchev–Trinajstić information content (AvgIpc) is 2.91. The van der Waals surface area contributed by atoms with Crippen LogP contribution in [-0.2, 0) is 0 Å². The Hall–Kier alpha value is -2.49. The monoisotopic (exact) mass is 255 g/mol. The molecule has 3 aromatic rings. The van der Waals surface area contributed by atoms with E-state index in [1.54, 1.807) is 14.2 Å². The fourth-order valence-corrected chi connectivity index (χ4v) is 1.96. The quantitative estimate of drug-likeness (QED) is 0.718. The molecule has 19 heavy (non-hydrogen) atoms. The Bertz CT molecular complexity index is 718. The first-order valence-corrected chi connectivity index (χ1v) is 5.90. The van der Waals surface area contributed by atoms with Gasteiger partial charge in [-0.2, -0.15) is 0 Å². The number of hydrogen-bond acceptors (Lipinski definition) is 4. The van der Waals surface area contributed by atoms with E-state index in [1.165, 1.54) is 0 Å². The lowest BCUT2D eigenvalue weighted by atomic mass is 10.2. The second kappa shape index (κ2) is 4.65. The van der Waals surface area contributed by atoms with E-state index in [1.807, 2.05) is 42.5 Å². The summed E-state index contributed by atoms with van der Waals surface area (Å²) in [5.74, 6) is 2.00. The molecule has 3 rings (SSSR count). The van der Waals surface area contributed by atoms with Crippen molar-refractivity contribution in [3.63, 3.8) is 0 Å². The number of oxazole rings is 1. The molecule has 0 radical (unpaired) electrons. The minimum atomic E-state index is 0.554. The summed E-state index contributed by atoms with van der Waals surface area (Å²) in [6.07, 6.45) is 0. The Morgan fingerprint density at radius 2 is 1.84 bits per heavy atom. The van der Waals surface area contributed by atoms with Crippen LogP contribution >= 0.6 is 0 Å². The third-order valence-electron chi connectivity index (χ3n) is 2.92. The molecule has 1 aromatic heterocycles. The molecule has 4 nitrogen and oxygen atoms in total. The number of ether oxygens (including phenoxy) is 2. The zero-order chi connectivity index (χ0) is 13.2. The molecular weight excluding hydrogens is 242 g/mol. The van der Waals surface area contributed by atoms with E-state index in [0.717, 1.165) is 16.8 Å². The number of fused-ring (bicyclic) bond motifs is 1. The van der Waals surface area contributed by atoms with Gasteiger partial charge in [0.2, 0.25) is 5.89 Å². The summed E-state index contributed by atoms with van der Waals surface area (Å²) in [6, 6.07) is 13.2. The van der Waals surface area contributed by atoms with Gasteiger partial charge in [0, 0.05) is 5.56 Å². The van der Waals surface area contributed by atoms with Gasteiger partial charge in [0.25, 0.3) is 0 Å². The maximum absolute atomic E-state index is 5.78. The van der Waals surface area contributed by atoms with E-state index in [-0.39, 0.29) is 0 Å². The molecule has 0 aliphatic rings. The largest absolute Gasteiger partial charge is 0.497 e. The van der Waals surface area contributed by atoms with Gasteiger partial charge in [0.15, 0.2) is 11.3 Å². The van der Waals surface area contributed by atoms with Crippen LogP contribution in [0.1, 0.15) is 0 Å². The van der Waals surface area contributed by atoms with Crippen LogP contribution < -0.4 is 9.47 Å². The van der Waals surface area contributed by atoms with Crippen molar-refractivity contribution in [1.82, 2.24) is 4.98 Å². The van der Waals surface area contributed by atoms with Gasteiger partial charge in [-0.1, -0.05) is 12.1 Å². The van der Waals surface area contributed by atoms with Crippen molar-refractivity contribution in [2.24, 2.45) is 0 Å². The highest BCUT2D eigenvalue weighted by Crippen LogP contribution is 2.31. The van der Waals surface area contributed by atoms with Gasteiger partial charge in [-0.3, -0.25) is 0 Å². The smallest absolute Gasteiger partial charge is 0.227 e. The summed E-state index contributed by atoms with van der Waals surface area (Å²) in [5.41, 5.74) is 2.30. The van der Waals surface area contributed by atoms with Crippen LogP contribution in [0, 0.1) is 0 Å². The molecule has 2 aromatic carbocycles. The zero-order valence-corrected chi connectivity index (χ0v) is 10.7. The predicted molar refractivity (Wildman–Crippen MR) is 72.5 cm³/mol. The lowest BCUT2D eigenvalue weighted by Crippen LogP contribution is -1.83. The molecule has 0 aliphatic heterocycles. The molecule has 0 fully saturated rings. The van der Waals surface area contributed by atoms with Gasteiger partial charge in [-0.15, -0.1) is 0 Å². The van der Waals surface area contributed by atoms with Crippen molar-refractivity contribution in [2.75, 3.05) is 14.2 Å². The highest BCUT2D eigenvalue weighted by Gasteiger charge is 2.12. The van der Waals surface area contributed by atoms with E-state index in [4.69, 9.17) is 13.9 Å². The molecule has 0 unspecified atom stereocenters. The number of benzene rings is 2. The molecule has 0 atom stereocenters. The minimum absolute atomic E-state index is 0.554. The number of hydrogen-bond donors (Lipinski definition) is 0. The summed E-state index contributed by atoms with van der Waals surface area (Å²) < 4.78 is 16.2. The van der Waals surface area contributed by atoms with Gasteiger partial charge in [-0.25, -0.2) is 4.98 Å². The third-order valence-corrected chi connectivity index (χ3v) is 2.92. The minimum Gasteiger partial charge on any atom is -0.497 e. The number of rotatable bonds is 3. The number of nitrogens with zero attached hydrogens (tertiary/aromatic N) is 1. The standard InChI is InChI=1S/C15H13NO3/c1-17-11-6-3-5-10(9-11)15-16-12-7-4-8-13(18-2)14(12)19-15/h3-9H,1-2H3. The molecule has 0 bridgehead atoms. The molecule has 0 saturated carbocycles. The number of aromatic nitrogens is 1. The molecule has 0 saturated heterocycles. The summed E-state index contributed by atoms with van der Waals surface area (Å²) in [6.45, 7) is 0. The molecule has 1 heterocycles. The van der Waals surface area contributed by atoms with Gasteiger partial charge in [0.1, 0.15) is 11.3 Å². The summed E-state index contributed by atoms with van der Waals surface area (Å²) >= 11 is 0. The maximum Gasteiger partial charge on any atom is 0.227 e. The van der Waals surface area contributed by atoms with E-state index in [0.29, 0.717) is 17.2 Å². The van der Waals surface area contributed by atoms with Crippen LogP contribution in [-0.4, -0.2) is 19.2 Å². The first-order valence-electron chi connectivity index (χ1n) is 5.90. The van der Waals surface area contributed by atoms with Crippen LogP contribution in [0.5, 0.6) is 11.5 Å². The summed E-state index contributed by atoms with van der Waals surface area (Å²) in [4.78, 5) is 4.46. The zero-order valence-electron chi connectivity index (χ0n) is 10.7. The molecule has 0 spiro atoms. The summed E-state index contributed by atoms with van der Waals surface area (Å²) in [7, 11) is 3.25. The van der Waals surface area contributed by atoms with E-state index < -0.39 is 0 Å². The Morgan fingerprint density at radius 3 is 2.63 bits per heavy atom. The topological polar surface area (TPSA) is 44.5 Å². The lowest BCUT2D eigenvalue weighted by Gasteiger charge is -2.00. The normalized spacial score (nSPS) is 10.6. The van der Waals surface area contributed by atoms with E-state index in [9.17, 15) is 0 Å². The Morgan fingerprint density at radius 1 is 1.00 bits per heavy atom. The van der Waals surface area contributed by atoms with Crippen molar-refractivity contribution >= 4 is 11.1 Å². The summed E-state index contributed by atoms with van der Waals surface area (Å²) in [5, 5.41) is 0. The molecule has 0 aliphatic carbocycles. The highest BCUT2D eigenvalue weighted by atomic mass is 16.5. The van der Waals surface area contributed by atoms with Gasteiger partial charge in [0.05, 0.1) is 14.2 Å². The second-order valence-electron chi connectivity index (χ2n) is 4.06. The van der Waals surface area contributed by atoms with Gasteiger partial charge >= 0.3 is 0 Å². The maximum atomic E-state index is 5.78. The Labute approximate surface area is 110 Å². The first-order chi connectivity index (χ1) is 9.31. The van der Waals surface area contributed by atoms with Crippen molar-refractivity contribution in [3.8, 4) is 23.0 Å². The Kier molecular flexibility index (Phi) is 2.83. The second-order valence-corrected chi connectivity index (χ2v) is 4.06. The van der Waals surface area contributed by atoms with E-state index >= 15 is 0 Å². The van der Waals surface area contributed by atoms with Crippen LogP contribution in [0.25, 0.3) is 22.6 Å². The van der Waals surface area contributed by atoms with E-state index in [2.05, 4.69) is 4.98 Å².